The largest absolute Gasteiger partial charge is 0.395 e. The van der Waals surface area contributed by atoms with E-state index in [4.69, 9.17) is 11.0 Å². The fourth-order valence-electron chi connectivity index (χ4n) is 1.91. The molecule has 2 aromatic rings. The molecular formula is C13H15N5S. The third-order valence-electron chi connectivity index (χ3n) is 2.80. The van der Waals surface area contributed by atoms with Crippen molar-refractivity contribution in [2.75, 3.05) is 11.1 Å². The Morgan fingerprint density at radius 2 is 2.21 bits per heavy atom. The van der Waals surface area contributed by atoms with Gasteiger partial charge in [-0.25, -0.2) is 9.97 Å². The average molecular weight is 273 g/mol. The second-order valence-electron chi connectivity index (χ2n) is 4.28. The second kappa shape index (κ2) is 5.24. The van der Waals surface area contributed by atoms with Crippen LogP contribution in [0, 0.1) is 25.2 Å². The summed E-state index contributed by atoms with van der Waals surface area (Å²) in [7, 11) is 0. The van der Waals surface area contributed by atoms with Gasteiger partial charge in [0.05, 0.1) is 28.0 Å². The quantitative estimate of drug-likeness (QED) is 0.897. The zero-order chi connectivity index (χ0) is 14.0. The van der Waals surface area contributed by atoms with E-state index in [9.17, 15) is 0 Å². The molecule has 0 aliphatic rings. The number of aryl methyl sites for hydroxylation is 2. The highest BCUT2D eigenvalue weighted by Crippen LogP contribution is 2.29. The average Bonchev–Trinajstić information content (AvgIpc) is 2.71. The van der Waals surface area contributed by atoms with Crippen LogP contribution in [0.15, 0.2) is 12.3 Å². The maximum atomic E-state index is 8.95. The van der Waals surface area contributed by atoms with E-state index in [2.05, 4.69) is 15.3 Å². The summed E-state index contributed by atoms with van der Waals surface area (Å²) in [5, 5.41) is 13.2. The van der Waals surface area contributed by atoms with E-state index in [1.165, 1.54) is 0 Å². The molecule has 1 unspecified atom stereocenters. The summed E-state index contributed by atoms with van der Waals surface area (Å²) in [5.41, 5.74) is 7.73. The summed E-state index contributed by atoms with van der Waals surface area (Å²) in [5.74, 6) is 0.539. The van der Waals surface area contributed by atoms with Crippen molar-refractivity contribution in [1.82, 2.24) is 9.97 Å². The molecule has 0 fully saturated rings. The van der Waals surface area contributed by atoms with Gasteiger partial charge in [-0.3, -0.25) is 0 Å². The maximum Gasteiger partial charge on any atom is 0.151 e. The fraction of sp³-hybridized carbons (Fsp3) is 0.308. The van der Waals surface area contributed by atoms with Gasteiger partial charge < -0.3 is 11.1 Å². The van der Waals surface area contributed by atoms with Crippen LogP contribution in [0.2, 0.25) is 0 Å². The topological polar surface area (TPSA) is 87.6 Å². The molecule has 5 nitrogen and oxygen atoms in total. The van der Waals surface area contributed by atoms with Crippen molar-refractivity contribution < 1.29 is 0 Å². The standard InChI is InChI=1S/C13H15N5S/c1-7-12(19-9(3)17-7)8(2)18-13-11(15)10(6-14)4-5-16-13/h4-5,8H,15H2,1-3H3,(H,16,18). The second-order valence-corrected chi connectivity index (χ2v) is 5.52. The zero-order valence-corrected chi connectivity index (χ0v) is 11.9. The number of nitrogens with one attached hydrogen (secondary N) is 1. The minimum Gasteiger partial charge on any atom is -0.395 e. The molecule has 0 aromatic carbocycles. The predicted molar refractivity (Wildman–Crippen MR) is 77.0 cm³/mol. The number of nitrogens with two attached hydrogens (primary N) is 1. The first-order chi connectivity index (χ1) is 9.02. The minimum atomic E-state index is 0.0509. The molecule has 1 atom stereocenters. The van der Waals surface area contributed by atoms with Crippen LogP contribution < -0.4 is 11.1 Å². The molecule has 98 valence electrons. The molecular weight excluding hydrogens is 258 g/mol. The molecule has 2 rings (SSSR count). The van der Waals surface area contributed by atoms with Crippen molar-refractivity contribution in [2.45, 2.75) is 26.8 Å². The monoisotopic (exact) mass is 273 g/mol. The van der Waals surface area contributed by atoms with Crippen molar-refractivity contribution >= 4 is 22.8 Å². The van der Waals surface area contributed by atoms with Gasteiger partial charge in [0.25, 0.3) is 0 Å². The Hall–Kier alpha value is -2.13. The SMILES string of the molecule is Cc1nc(C)c(C(C)Nc2nccc(C#N)c2N)s1. The first-order valence-electron chi connectivity index (χ1n) is 5.88. The molecule has 0 aliphatic heterocycles. The number of hydrogen-bond donors (Lipinski definition) is 2. The summed E-state index contributed by atoms with van der Waals surface area (Å²) in [4.78, 5) is 9.74. The molecule has 3 N–H and O–H groups in total. The number of anilines is 2. The van der Waals surface area contributed by atoms with E-state index in [0.29, 0.717) is 17.1 Å². The van der Waals surface area contributed by atoms with Gasteiger partial charge in [0.15, 0.2) is 5.82 Å². The number of nitrogens with zero attached hydrogens (tertiary/aromatic N) is 3. The maximum absolute atomic E-state index is 8.95. The van der Waals surface area contributed by atoms with Crippen molar-refractivity contribution in [1.29, 1.82) is 5.26 Å². The molecule has 19 heavy (non-hydrogen) atoms. The lowest BCUT2D eigenvalue weighted by Gasteiger charge is -2.15. The summed E-state index contributed by atoms with van der Waals surface area (Å²) < 4.78 is 0. The lowest BCUT2D eigenvalue weighted by atomic mass is 10.2. The molecule has 0 radical (unpaired) electrons. The van der Waals surface area contributed by atoms with Crippen LogP contribution >= 0.6 is 11.3 Å². The molecule has 0 bridgehead atoms. The Morgan fingerprint density at radius 3 is 2.79 bits per heavy atom. The Balaban J connectivity index is 2.27. The van der Waals surface area contributed by atoms with Crippen LogP contribution in [-0.4, -0.2) is 9.97 Å². The summed E-state index contributed by atoms with van der Waals surface area (Å²) in [6, 6.07) is 3.70. The molecule has 6 heteroatoms. The van der Waals surface area contributed by atoms with Crippen molar-refractivity contribution in [3.8, 4) is 6.07 Å². The van der Waals surface area contributed by atoms with E-state index in [0.717, 1.165) is 15.6 Å². The number of aromatic nitrogens is 2. The van der Waals surface area contributed by atoms with Gasteiger partial charge in [0.1, 0.15) is 6.07 Å². The summed E-state index contributed by atoms with van der Waals surface area (Å²) in [6.07, 6.45) is 1.58. The van der Waals surface area contributed by atoms with Crippen LogP contribution in [0.4, 0.5) is 11.5 Å². The third-order valence-corrected chi connectivity index (χ3v) is 4.05. The minimum absolute atomic E-state index is 0.0509. The molecule has 0 spiro atoms. The van der Waals surface area contributed by atoms with Gasteiger partial charge in [0, 0.05) is 11.1 Å². The van der Waals surface area contributed by atoms with Gasteiger partial charge >= 0.3 is 0 Å². The molecule has 0 aliphatic carbocycles. The number of nitrogen functional groups attached to an aromatic ring is 1. The van der Waals surface area contributed by atoms with Gasteiger partial charge in [-0.05, 0) is 26.8 Å². The molecule has 2 heterocycles. The third kappa shape index (κ3) is 2.66. The normalized spacial score (nSPS) is 11.9. The number of thiazole rings is 1. The number of hydrogen-bond acceptors (Lipinski definition) is 6. The number of nitriles is 1. The van der Waals surface area contributed by atoms with E-state index in [1.807, 2.05) is 26.8 Å². The predicted octanol–water partition coefficient (Wildman–Crippen LogP) is 2.78. The first-order valence-corrected chi connectivity index (χ1v) is 6.69. The highest BCUT2D eigenvalue weighted by molar-refractivity contribution is 7.11. The summed E-state index contributed by atoms with van der Waals surface area (Å²) >= 11 is 1.65. The van der Waals surface area contributed by atoms with Crippen LogP contribution in [0.25, 0.3) is 0 Å². The van der Waals surface area contributed by atoms with E-state index in [1.54, 1.807) is 23.6 Å². The Labute approximate surface area is 116 Å². The molecule has 0 saturated carbocycles. The Bertz CT molecular complexity index is 641. The lowest BCUT2D eigenvalue weighted by molar-refractivity contribution is 0.880. The smallest absolute Gasteiger partial charge is 0.151 e. The van der Waals surface area contributed by atoms with Gasteiger partial charge in [-0.15, -0.1) is 11.3 Å². The number of pyridine rings is 1. The Kier molecular flexibility index (Phi) is 3.67. The lowest BCUT2D eigenvalue weighted by Crippen LogP contribution is -2.10. The highest BCUT2D eigenvalue weighted by Gasteiger charge is 2.15. The van der Waals surface area contributed by atoms with Crippen molar-refractivity contribution in [3.05, 3.63) is 33.4 Å². The van der Waals surface area contributed by atoms with Gasteiger partial charge in [0.2, 0.25) is 0 Å². The highest BCUT2D eigenvalue weighted by atomic mass is 32.1. The van der Waals surface area contributed by atoms with Crippen LogP contribution in [-0.2, 0) is 0 Å². The van der Waals surface area contributed by atoms with Crippen LogP contribution in [0.1, 0.15) is 34.1 Å². The molecule has 0 amide bonds. The van der Waals surface area contributed by atoms with Crippen LogP contribution in [0.3, 0.4) is 0 Å². The van der Waals surface area contributed by atoms with E-state index >= 15 is 0 Å². The molecule has 0 saturated heterocycles. The van der Waals surface area contributed by atoms with E-state index in [-0.39, 0.29) is 6.04 Å². The molecule has 2 aromatic heterocycles. The Morgan fingerprint density at radius 1 is 1.47 bits per heavy atom. The van der Waals surface area contributed by atoms with Crippen molar-refractivity contribution in [2.24, 2.45) is 0 Å². The zero-order valence-electron chi connectivity index (χ0n) is 11.1. The number of rotatable bonds is 3. The van der Waals surface area contributed by atoms with Crippen LogP contribution in [0.5, 0.6) is 0 Å². The van der Waals surface area contributed by atoms with Gasteiger partial charge in [-0.2, -0.15) is 5.26 Å². The van der Waals surface area contributed by atoms with Gasteiger partial charge in [-0.1, -0.05) is 0 Å². The van der Waals surface area contributed by atoms with E-state index < -0.39 is 0 Å². The van der Waals surface area contributed by atoms with Crippen molar-refractivity contribution in [3.63, 3.8) is 0 Å². The fourth-order valence-corrected chi connectivity index (χ4v) is 2.84. The summed E-state index contributed by atoms with van der Waals surface area (Å²) in [6.45, 7) is 6.00. The first kappa shape index (κ1) is 13.3.